The lowest BCUT2D eigenvalue weighted by Gasteiger charge is -2.23. The van der Waals surface area contributed by atoms with Crippen molar-refractivity contribution in [3.8, 4) is 5.75 Å². The maximum Gasteiger partial charge on any atom is 0.127 e. The Morgan fingerprint density at radius 2 is 2.37 bits per heavy atom. The van der Waals surface area contributed by atoms with Gasteiger partial charge in [0, 0.05) is 36.1 Å². The molecule has 0 amide bonds. The van der Waals surface area contributed by atoms with Crippen molar-refractivity contribution in [2.75, 3.05) is 26.2 Å². The quantitative estimate of drug-likeness (QED) is 0.901. The summed E-state index contributed by atoms with van der Waals surface area (Å²) in [6, 6.07) is 4.66. The molecule has 3 nitrogen and oxygen atoms in total. The molecule has 104 valence electrons. The van der Waals surface area contributed by atoms with Gasteiger partial charge in [-0.2, -0.15) is 0 Å². The lowest BCUT2D eigenvalue weighted by Crippen LogP contribution is -2.35. The van der Waals surface area contributed by atoms with Crippen LogP contribution in [0, 0.1) is 0 Å². The van der Waals surface area contributed by atoms with Crippen LogP contribution in [-0.4, -0.2) is 37.2 Å². The summed E-state index contributed by atoms with van der Waals surface area (Å²) in [5.41, 5.74) is 2.51. The molecule has 0 saturated carbocycles. The number of benzene rings is 1. The van der Waals surface area contributed by atoms with Gasteiger partial charge >= 0.3 is 0 Å². The van der Waals surface area contributed by atoms with Crippen LogP contribution in [0.1, 0.15) is 24.5 Å². The summed E-state index contributed by atoms with van der Waals surface area (Å²) >= 11 is 6.22. The van der Waals surface area contributed by atoms with E-state index >= 15 is 0 Å². The van der Waals surface area contributed by atoms with E-state index in [0.29, 0.717) is 6.04 Å². The Morgan fingerprint density at radius 3 is 3.26 bits per heavy atom. The minimum atomic E-state index is 0.552. The predicted molar refractivity (Wildman–Crippen MR) is 78.0 cm³/mol. The number of rotatable bonds is 2. The van der Waals surface area contributed by atoms with Crippen LogP contribution in [0.2, 0.25) is 5.02 Å². The van der Waals surface area contributed by atoms with Crippen LogP contribution >= 0.6 is 11.6 Å². The molecule has 3 rings (SSSR count). The fraction of sp³-hybridized carbons (Fsp3) is 0.600. The molecule has 0 bridgehead atoms. The molecule has 0 spiro atoms. The van der Waals surface area contributed by atoms with E-state index in [-0.39, 0.29) is 0 Å². The van der Waals surface area contributed by atoms with Crippen molar-refractivity contribution in [2.45, 2.75) is 32.4 Å². The molecule has 1 atom stereocenters. The number of halogens is 1. The van der Waals surface area contributed by atoms with Gasteiger partial charge in [0.2, 0.25) is 0 Å². The first-order valence-electron chi connectivity index (χ1n) is 7.12. The van der Waals surface area contributed by atoms with Crippen LogP contribution in [-0.2, 0) is 13.0 Å². The summed E-state index contributed by atoms with van der Waals surface area (Å²) in [5.74, 6) is 1.08. The van der Waals surface area contributed by atoms with Gasteiger partial charge < -0.3 is 10.1 Å². The Kier molecular flexibility index (Phi) is 3.96. The van der Waals surface area contributed by atoms with Gasteiger partial charge in [-0.15, -0.1) is 0 Å². The standard InChI is InChI=1S/C15H21ClN2O/c1-11-9-18(5-2-4-17-11)10-13-8-14(16)7-12-3-6-19-15(12)13/h7-8,11,17H,2-6,9-10H2,1H3. The third-order valence-corrected chi connectivity index (χ3v) is 4.11. The van der Waals surface area contributed by atoms with Gasteiger partial charge in [-0.05, 0) is 44.1 Å². The highest BCUT2D eigenvalue weighted by atomic mass is 35.5. The first-order valence-corrected chi connectivity index (χ1v) is 7.50. The Bertz CT molecular complexity index is 464. The molecule has 1 saturated heterocycles. The highest BCUT2D eigenvalue weighted by Crippen LogP contribution is 2.33. The fourth-order valence-corrected chi connectivity index (χ4v) is 3.31. The SMILES string of the molecule is CC1CN(Cc2cc(Cl)cc3c2OCC3)CCCN1. The van der Waals surface area contributed by atoms with E-state index in [0.717, 1.165) is 50.0 Å². The number of nitrogens with zero attached hydrogens (tertiary/aromatic N) is 1. The molecule has 2 aliphatic heterocycles. The largest absolute Gasteiger partial charge is 0.493 e. The van der Waals surface area contributed by atoms with E-state index in [1.807, 2.05) is 6.07 Å². The molecule has 1 N–H and O–H groups in total. The second kappa shape index (κ2) is 5.70. The van der Waals surface area contributed by atoms with Crippen LogP contribution < -0.4 is 10.1 Å². The van der Waals surface area contributed by atoms with Crippen molar-refractivity contribution in [2.24, 2.45) is 0 Å². The van der Waals surface area contributed by atoms with Crippen molar-refractivity contribution in [3.63, 3.8) is 0 Å². The van der Waals surface area contributed by atoms with E-state index < -0.39 is 0 Å². The first kappa shape index (κ1) is 13.2. The van der Waals surface area contributed by atoms with Gasteiger partial charge in [0.1, 0.15) is 5.75 Å². The summed E-state index contributed by atoms with van der Waals surface area (Å²) < 4.78 is 5.78. The van der Waals surface area contributed by atoms with Crippen molar-refractivity contribution < 1.29 is 4.74 Å². The number of hydrogen-bond acceptors (Lipinski definition) is 3. The number of ether oxygens (including phenoxy) is 1. The highest BCUT2D eigenvalue weighted by molar-refractivity contribution is 6.30. The Morgan fingerprint density at radius 1 is 1.47 bits per heavy atom. The maximum atomic E-state index is 6.22. The summed E-state index contributed by atoms with van der Waals surface area (Å²) in [6.07, 6.45) is 2.19. The van der Waals surface area contributed by atoms with Gasteiger partial charge in [-0.1, -0.05) is 11.6 Å². The van der Waals surface area contributed by atoms with Crippen LogP contribution in [0.25, 0.3) is 0 Å². The molecule has 1 aromatic carbocycles. The highest BCUT2D eigenvalue weighted by Gasteiger charge is 2.21. The van der Waals surface area contributed by atoms with Crippen LogP contribution in [0.15, 0.2) is 12.1 Å². The average molecular weight is 281 g/mol. The van der Waals surface area contributed by atoms with Gasteiger partial charge in [-0.25, -0.2) is 0 Å². The molecule has 1 aromatic rings. The minimum absolute atomic E-state index is 0.552. The van der Waals surface area contributed by atoms with Gasteiger partial charge in [0.05, 0.1) is 6.61 Å². The second-order valence-corrected chi connectivity index (χ2v) is 6.03. The summed E-state index contributed by atoms with van der Waals surface area (Å²) in [6.45, 7) is 7.31. The van der Waals surface area contributed by atoms with Crippen LogP contribution in [0.5, 0.6) is 5.75 Å². The minimum Gasteiger partial charge on any atom is -0.493 e. The molecular weight excluding hydrogens is 260 g/mol. The van der Waals surface area contributed by atoms with Gasteiger partial charge in [0.15, 0.2) is 0 Å². The monoisotopic (exact) mass is 280 g/mol. The van der Waals surface area contributed by atoms with Crippen LogP contribution in [0.4, 0.5) is 0 Å². The second-order valence-electron chi connectivity index (χ2n) is 5.60. The van der Waals surface area contributed by atoms with Gasteiger partial charge in [0.25, 0.3) is 0 Å². The Hall–Kier alpha value is -0.770. The van der Waals surface area contributed by atoms with Crippen LogP contribution in [0.3, 0.4) is 0 Å². The van der Waals surface area contributed by atoms with Gasteiger partial charge in [-0.3, -0.25) is 4.90 Å². The predicted octanol–water partition coefficient (Wildman–Crippen LogP) is 2.46. The summed E-state index contributed by atoms with van der Waals surface area (Å²) in [5, 5.41) is 4.36. The van der Waals surface area contributed by atoms with Crippen molar-refractivity contribution in [1.29, 1.82) is 0 Å². The molecule has 2 aliphatic rings. The smallest absolute Gasteiger partial charge is 0.127 e. The van der Waals surface area contributed by atoms with Crippen molar-refractivity contribution in [3.05, 3.63) is 28.3 Å². The van der Waals surface area contributed by atoms with Crippen molar-refractivity contribution >= 4 is 11.6 Å². The molecule has 0 aliphatic carbocycles. The molecule has 1 unspecified atom stereocenters. The fourth-order valence-electron chi connectivity index (χ4n) is 3.04. The Labute approximate surface area is 119 Å². The van der Waals surface area contributed by atoms with E-state index in [1.54, 1.807) is 0 Å². The average Bonchev–Trinajstić information content (AvgIpc) is 2.73. The number of hydrogen-bond donors (Lipinski definition) is 1. The maximum absolute atomic E-state index is 6.22. The normalized spacial score (nSPS) is 23.8. The molecule has 19 heavy (non-hydrogen) atoms. The molecule has 2 heterocycles. The summed E-state index contributed by atoms with van der Waals surface area (Å²) in [7, 11) is 0. The molecule has 0 aromatic heterocycles. The Balaban J connectivity index is 1.79. The molecule has 4 heteroatoms. The third kappa shape index (κ3) is 3.04. The lowest BCUT2D eigenvalue weighted by molar-refractivity contribution is 0.259. The number of nitrogens with one attached hydrogen (secondary N) is 1. The van der Waals surface area contributed by atoms with Crippen molar-refractivity contribution in [1.82, 2.24) is 10.2 Å². The van der Waals surface area contributed by atoms with E-state index in [1.165, 1.54) is 17.5 Å². The van der Waals surface area contributed by atoms with E-state index in [4.69, 9.17) is 16.3 Å². The first-order chi connectivity index (χ1) is 9.22. The number of fused-ring (bicyclic) bond motifs is 1. The zero-order chi connectivity index (χ0) is 13.2. The molecular formula is C15H21ClN2O. The topological polar surface area (TPSA) is 24.5 Å². The summed E-state index contributed by atoms with van der Waals surface area (Å²) in [4.78, 5) is 2.50. The van der Waals surface area contributed by atoms with E-state index in [9.17, 15) is 0 Å². The molecule has 1 fully saturated rings. The third-order valence-electron chi connectivity index (χ3n) is 3.90. The molecule has 0 radical (unpaired) electrons. The zero-order valence-corrected chi connectivity index (χ0v) is 12.2. The van der Waals surface area contributed by atoms with E-state index in [2.05, 4.69) is 23.2 Å². The zero-order valence-electron chi connectivity index (χ0n) is 11.4. The lowest BCUT2D eigenvalue weighted by atomic mass is 10.1.